The lowest BCUT2D eigenvalue weighted by Gasteiger charge is -2.14. The van der Waals surface area contributed by atoms with Crippen LogP contribution < -0.4 is 10.5 Å². The topological polar surface area (TPSA) is 81.4 Å². The van der Waals surface area contributed by atoms with E-state index in [1.165, 1.54) is 22.9 Å². The third-order valence-electron chi connectivity index (χ3n) is 3.20. The van der Waals surface area contributed by atoms with E-state index in [1.54, 1.807) is 0 Å². The zero-order valence-electron chi connectivity index (χ0n) is 11.0. The fraction of sp³-hybridized carbons (Fsp3) is 0.500. The first kappa shape index (κ1) is 16.1. The van der Waals surface area contributed by atoms with Crippen molar-refractivity contribution >= 4 is 15.7 Å². The largest absolute Gasteiger partial charge is 0.402 e. The number of alkyl halides is 3. The van der Waals surface area contributed by atoms with Crippen LogP contribution >= 0.6 is 0 Å². The fourth-order valence-electron chi connectivity index (χ4n) is 2.13. The Labute approximate surface area is 120 Å². The molecule has 1 saturated heterocycles. The van der Waals surface area contributed by atoms with E-state index in [9.17, 15) is 21.6 Å². The second-order valence-electron chi connectivity index (χ2n) is 4.79. The van der Waals surface area contributed by atoms with Crippen molar-refractivity contribution in [1.29, 1.82) is 0 Å². The van der Waals surface area contributed by atoms with Crippen molar-refractivity contribution in [3.63, 3.8) is 0 Å². The van der Waals surface area contributed by atoms with Crippen molar-refractivity contribution in [2.24, 2.45) is 0 Å². The average Bonchev–Trinajstić information content (AvgIpc) is 2.89. The van der Waals surface area contributed by atoms with Gasteiger partial charge in [0, 0.05) is 18.2 Å². The number of ether oxygens (including phenoxy) is 1. The molecule has 0 spiro atoms. The van der Waals surface area contributed by atoms with Crippen molar-refractivity contribution < 1.29 is 26.3 Å². The molecule has 0 amide bonds. The highest BCUT2D eigenvalue weighted by Gasteiger charge is 2.30. The number of hydrogen-bond donors (Lipinski definition) is 2. The zero-order chi connectivity index (χ0) is 15.7. The molecule has 1 aliphatic heterocycles. The van der Waals surface area contributed by atoms with Gasteiger partial charge in [-0.1, -0.05) is 6.07 Å². The van der Waals surface area contributed by atoms with Gasteiger partial charge in [-0.2, -0.15) is 13.2 Å². The van der Waals surface area contributed by atoms with Crippen LogP contribution in [0.25, 0.3) is 0 Å². The maximum absolute atomic E-state index is 12.1. The summed E-state index contributed by atoms with van der Waals surface area (Å²) in [6.07, 6.45) is -3.83. The lowest BCUT2D eigenvalue weighted by atomic mass is 9.97. The molecular weight excluding hydrogens is 309 g/mol. The van der Waals surface area contributed by atoms with Crippen LogP contribution in [0.2, 0.25) is 0 Å². The van der Waals surface area contributed by atoms with Gasteiger partial charge in [-0.3, -0.25) is 0 Å². The molecule has 0 bridgehead atoms. The minimum Gasteiger partial charge on any atom is -0.398 e. The standard InChI is InChI=1S/C12H15F3N2O3S/c13-12(14,15)7-17-21(18,19)9-1-2-10(11(16)5-9)8-3-4-20-6-8/h1-2,5,8,17H,3-4,6-7,16H2. The van der Waals surface area contributed by atoms with Crippen LogP contribution in [-0.2, 0) is 14.8 Å². The molecule has 2 rings (SSSR count). The monoisotopic (exact) mass is 324 g/mol. The first-order valence-corrected chi connectivity index (χ1v) is 7.71. The van der Waals surface area contributed by atoms with E-state index in [4.69, 9.17) is 10.5 Å². The number of halogens is 3. The van der Waals surface area contributed by atoms with E-state index in [0.29, 0.717) is 13.2 Å². The van der Waals surface area contributed by atoms with Crippen molar-refractivity contribution in [2.75, 3.05) is 25.5 Å². The van der Waals surface area contributed by atoms with Gasteiger partial charge in [-0.15, -0.1) is 0 Å². The maximum atomic E-state index is 12.1. The molecule has 5 nitrogen and oxygen atoms in total. The summed E-state index contributed by atoms with van der Waals surface area (Å²) >= 11 is 0. The van der Waals surface area contributed by atoms with E-state index in [1.807, 2.05) is 0 Å². The third kappa shape index (κ3) is 4.08. The van der Waals surface area contributed by atoms with Crippen molar-refractivity contribution in [3.05, 3.63) is 23.8 Å². The summed E-state index contributed by atoms with van der Waals surface area (Å²) in [6.45, 7) is -0.507. The van der Waals surface area contributed by atoms with Crippen LogP contribution in [-0.4, -0.2) is 34.4 Å². The molecule has 1 aromatic rings. The molecule has 1 unspecified atom stereocenters. The van der Waals surface area contributed by atoms with Crippen molar-refractivity contribution in [3.8, 4) is 0 Å². The van der Waals surface area contributed by atoms with Gasteiger partial charge in [0.1, 0.15) is 6.54 Å². The molecule has 1 fully saturated rings. The Morgan fingerprint density at radius 2 is 2.10 bits per heavy atom. The van der Waals surface area contributed by atoms with Gasteiger partial charge in [0.2, 0.25) is 10.0 Å². The minimum atomic E-state index is -4.61. The third-order valence-corrected chi connectivity index (χ3v) is 4.60. The smallest absolute Gasteiger partial charge is 0.398 e. The van der Waals surface area contributed by atoms with Gasteiger partial charge in [0.15, 0.2) is 0 Å². The first-order valence-electron chi connectivity index (χ1n) is 6.22. The zero-order valence-corrected chi connectivity index (χ0v) is 11.8. The van der Waals surface area contributed by atoms with Crippen LogP contribution in [0.5, 0.6) is 0 Å². The summed E-state index contributed by atoms with van der Waals surface area (Å²) < 4.78 is 66.5. The number of sulfonamides is 1. The summed E-state index contributed by atoms with van der Waals surface area (Å²) in [5.41, 5.74) is 6.80. The molecule has 1 heterocycles. The Morgan fingerprint density at radius 3 is 2.62 bits per heavy atom. The lowest BCUT2D eigenvalue weighted by molar-refractivity contribution is -0.121. The highest BCUT2D eigenvalue weighted by atomic mass is 32.2. The van der Waals surface area contributed by atoms with Gasteiger partial charge in [0.25, 0.3) is 0 Å². The highest BCUT2D eigenvalue weighted by Crippen LogP contribution is 2.31. The molecule has 118 valence electrons. The van der Waals surface area contributed by atoms with Gasteiger partial charge in [0.05, 0.1) is 11.5 Å². The minimum absolute atomic E-state index is 0.0879. The second-order valence-corrected chi connectivity index (χ2v) is 6.56. The van der Waals surface area contributed by atoms with Gasteiger partial charge < -0.3 is 10.5 Å². The molecule has 0 saturated carbocycles. The molecule has 0 radical (unpaired) electrons. The van der Waals surface area contributed by atoms with Crippen LogP contribution in [0.15, 0.2) is 23.1 Å². The molecule has 0 aliphatic carbocycles. The van der Waals surface area contributed by atoms with E-state index in [2.05, 4.69) is 0 Å². The molecule has 1 aliphatic rings. The Hall–Kier alpha value is -1.32. The number of rotatable bonds is 4. The molecule has 21 heavy (non-hydrogen) atoms. The van der Waals surface area contributed by atoms with Crippen molar-refractivity contribution in [2.45, 2.75) is 23.4 Å². The normalized spacial score (nSPS) is 19.9. The number of nitrogens with one attached hydrogen (secondary N) is 1. The molecule has 1 atom stereocenters. The van der Waals surface area contributed by atoms with E-state index in [-0.39, 0.29) is 16.5 Å². The van der Waals surface area contributed by atoms with Crippen LogP contribution in [0.3, 0.4) is 0 Å². The summed E-state index contributed by atoms with van der Waals surface area (Å²) in [6, 6.07) is 3.95. The number of benzene rings is 1. The maximum Gasteiger partial charge on any atom is 0.402 e. The molecular formula is C12H15F3N2O3S. The molecule has 0 aromatic heterocycles. The quantitative estimate of drug-likeness (QED) is 0.825. The summed E-state index contributed by atoms with van der Waals surface area (Å²) in [7, 11) is -4.24. The van der Waals surface area contributed by atoms with Gasteiger partial charge in [-0.25, -0.2) is 13.1 Å². The van der Waals surface area contributed by atoms with Crippen molar-refractivity contribution in [1.82, 2.24) is 4.72 Å². The average molecular weight is 324 g/mol. The van der Waals surface area contributed by atoms with Crippen LogP contribution in [0, 0.1) is 0 Å². The van der Waals surface area contributed by atoms with Gasteiger partial charge >= 0.3 is 6.18 Å². The lowest BCUT2D eigenvalue weighted by Crippen LogP contribution is -2.33. The predicted molar refractivity (Wildman–Crippen MR) is 70.3 cm³/mol. The Bertz CT molecular complexity index is 611. The highest BCUT2D eigenvalue weighted by molar-refractivity contribution is 7.89. The van der Waals surface area contributed by atoms with E-state index >= 15 is 0 Å². The summed E-state index contributed by atoms with van der Waals surface area (Å²) in [5.74, 6) is 0.0879. The predicted octanol–water partition coefficient (Wildman–Crippen LogP) is 1.61. The first-order chi connectivity index (χ1) is 9.69. The Morgan fingerprint density at radius 1 is 1.38 bits per heavy atom. The Kier molecular flexibility index (Phi) is 4.45. The number of hydrogen-bond acceptors (Lipinski definition) is 4. The molecule has 3 N–H and O–H groups in total. The SMILES string of the molecule is Nc1cc(S(=O)(=O)NCC(F)(F)F)ccc1C1CCOC1. The number of anilines is 1. The van der Waals surface area contributed by atoms with E-state index in [0.717, 1.165) is 12.0 Å². The number of nitrogens with two attached hydrogens (primary N) is 1. The van der Waals surface area contributed by atoms with Crippen LogP contribution in [0.1, 0.15) is 17.9 Å². The molecule has 1 aromatic carbocycles. The van der Waals surface area contributed by atoms with E-state index < -0.39 is 22.7 Å². The Balaban J connectivity index is 2.19. The van der Waals surface area contributed by atoms with Gasteiger partial charge in [-0.05, 0) is 24.1 Å². The second kappa shape index (κ2) is 5.82. The van der Waals surface area contributed by atoms with Crippen LogP contribution in [0.4, 0.5) is 18.9 Å². The summed E-state index contributed by atoms with van der Waals surface area (Å²) in [5, 5.41) is 0. The molecule has 9 heteroatoms. The summed E-state index contributed by atoms with van der Waals surface area (Å²) in [4.78, 5) is -0.285. The number of nitrogen functional groups attached to an aromatic ring is 1. The fourth-order valence-corrected chi connectivity index (χ4v) is 3.18.